The molecule has 2 heteroatoms. The van der Waals surface area contributed by atoms with Crippen LogP contribution >= 0.6 is 0 Å². The molecule has 0 amide bonds. The molecule has 3 aliphatic heterocycles. The summed E-state index contributed by atoms with van der Waals surface area (Å²) in [4.78, 5) is 2.94. The number of hydrogen-bond acceptors (Lipinski definition) is 2. The van der Waals surface area contributed by atoms with Crippen LogP contribution < -0.4 is 0 Å². The van der Waals surface area contributed by atoms with Gasteiger partial charge in [0.05, 0.1) is 6.10 Å². The summed E-state index contributed by atoms with van der Waals surface area (Å²) in [5, 5.41) is 11.2. The van der Waals surface area contributed by atoms with Gasteiger partial charge >= 0.3 is 0 Å². The molecule has 9 aliphatic rings. The van der Waals surface area contributed by atoms with Crippen molar-refractivity contribution in [2.75, 3.05) is 6.54 Å². The maximum atomic E-state index is 11.2. The van der Waals surface area contributed by atoms with E-state index in [1.54, 1.807) is 0 Å². The van der Waals surface area contributed by atoms with E-state index in [4.69, 9.17) is 0 Å². The van der Waals surface area contributed by atoms with Crippen molar-refractivity contribution in [3.05, 3.63) is 12.2 Å². The van der Waals surface area contributed by atoms with Crippen molar-refractivity contribution in [3.8, 4) is 0 Å². The molecule has 0 aromatic rings. The Bertz CT molecular complexity index is 644. The third kappa shape index (κ3) is 0.833. The van der Waals surface area contributed by atoms with Gasteiger partial charge in [-0.05, 0) is 60.2 Å². The molecule has 0 radical (unpaired) electrons. The lowest BCUT2D eigenvalue weighted by molar-refractivity contribution is -0.154. The fraction of sp³-hybridized carbons (Fsp3) is 0.900. The summed E-state index contributed by atoms with van der Waals surface area (Å²) in [7, 11) is 0. The zero-order chi connectivity index (χ0) is 14.6. The first kappa shape index (κ1) is 12.1. The highest BCUT2D eigenvalue weighted by atomic mass is 16.3. The Balaban J connectivity index is 1.53. The van der Waals surface area contributed by atoms with Crippen molar-refractivity contribution < 1.29 is 5.11 Å². The number of rotatable bonds is 0. The lowest BCUT2D eigenvalue weighted by Crippen LogP contribution is -2.62. The Hall–Kier alpha value is -0.340. The molecule has 9 fully saturated rings. The number of hydrogen-bond donors (Lipinski definition) is 1. The van der Waals surface area contributed by atoms with Gasteiger partial charge in [-0.25, -0.2) is 0 Å². The lowest BCUT2D eigenvalue weighted by atomic mass is 9.41. The quantitative estimate of drug-likeness (QED) is 0.695. The van der Waals surface area contributed by atoms with E-state index in [9.17, 15) is 5.11 Å². The van der Waals surface area contributed by atoms with Crippen LogP contribution in [0.1, 0.15) is 45.4 Å². The van der Waals surface area contributed by atoms with Gasteiger partial charge in [0.25, 0.3) is 0 Å². The fourth-order valence-electron chi connectivity index (χ4n) is 10.5. The minimum atomic E-state index is -0.0737. The van der Waals surface area contributed by atoms with E-state index >= 15 is 0 Å². The van der Waals surface area contributed by atoms with Crippen LogP contribution in [0, 0.1) is 39.9 Å². The largest absolute Gasteiger partial charge is 0.392 e. The molecule has 9 bridgehead atoms. The maximum Gasteiger partial charge on any atom is 0.0654 e. The summed E-state index contributed by atoms with van der Waals surface area (Å²) in [6, 6.07) is 1.60. The molecule has 22 heavy (non-hydrogen) atoms. The monoisotopic (exact) mass is 297 g/mol. The third-order valence-electron chi connectivity index (χ3n) is 10.2. The van der Waals surface area contributed by atoms with Crippen molar-refractivity contribution >= 4 is 0 Å². The van der Waals surface area contributed by atoms with Crippen molar-refractivity contribution in [2.45, 2.75) is 63.6 Å². The Kier molecular flexibility index (Phi) is 1.64. The molecule has 3 saturated heterocycles. The van der Waals surface area contributed by atoms with Gasteiger partial charge in [0.1, 0.15) is 0 Å². The van der Waals surface area contributed by atoms with Crippen LogP contribution in [0.2, 0.25) is 0 Å². The summed E-state index contributed by atoms with van der Waals surface area (Å²) < 4.78 is 0. The average molecular weight is 297 g/mol. The maximum absolute atomic E-state index is 11.2. The van der Waals surface area contributed by atoms with Crippen molar-refractivity contribution in [2.24, 2.45) is 39.9 Å². The minimum Gasteiger partial charge on any atom is -0.392 e. The second kappa shape index (κ2) is 2.99. The van der Waals surface area contributed by atoms with Gasteiger partial charge in [-0.15, -0.1) is 0 Å². The average Bonchev–Trinajstić information content (AvgIpc) is 2.88. The van der Waals surface area contributed by atoms with Crippen LogP contribution in [0.15, 0.2) is 12.2 Å². The standard InChI is InChI=1S/C20H27NO/c1-10-7-19-8-12-16-18(2)4-3-5-20(16)13(19)6-11(10)15(22)14(19)17(20)21(12)9-18/h11-17,22H,1,3-9H2,2H3. The SMILES string of the molecule is C=C1CC23CC4C5C6(C)CCCC57C(C2C(O)C1CC37)N4C6. The number of fused-ring (bicyclic) bond motifs is 1. The summed E-state index contributed by atoms with van der Waals surface area (Å²) in [6.07, 6.45) is 8.24. The van der Waals surface area contributed by atoms with E-state index in [1.807, 2.05) is 0 Å². The van der Waals surface area contributed by atoms with Gasteiger partial charge in [-0.3, -0.25) is 4.90 Å². The van der Waals surface area contributed by atoms with Gasteiger partial charge in [-0.2, -0.15) is 0 Å². The number of aliphatic hydroxyl groups is 1. The first-order chi connectivity index (χ1) is 10.5. The Morgan fingerprint density at radius 1 is 1.32 bits per heavy atom. The Labute approximate surface area is 132 Å². The summed E-state index contributed by atoms with van der Waals surface area (Å²) in [5.41, 5.74) is 3.05. The van der Waals surface area contributed by atoms with Crippen molar-refractivity contribution in [1.29, 1.82) is 0 Å². The van der Waals surface area contributed by atoms with Crippen LogP contribution in [0.4, 0.5) is 0 Å². The second-order valence-electron chi connectivity index (χ2n) is 10.5. The van der Waals surface area contributed by atoms with E-state index in [2.05, 4.69) is 18.4 Å². The highest BCUT2D eigenvalue weighted by Gasteiger charge is 2.87. The molecule has 9 rings (SSSR count). The van der Waals surface area contributed by atoms with Gasteiger partial charge in [0.15, 0.2) is 0 Å². The molecule has 6 aliphatic carbocycles. The summed E-state index contributed by atoms with van der Waals surface area (Å²) >= 11 is 0. The van der Waals surface area contributed by atoms with E-state index in [0.717, 1.165) is 23.9 Å². The predicted octanol–water partition coefficient (Wildman–Crippen LogP) is 2.82. The molecule has 2 nitrogen and oxygen atoms in total. The molecular weight excluding hydrogens is 270 g/mol. The molecule has 118 valence electrons. The minimum absolute atomic E-state index is 0.0737. The Morgan fingerprint density at radius 2 is 2.18 bits per heavy atom. The van der Waals surface area contributed by atoms with Crippen LogP contribution in [-0.4, -0.2) is 34.7 Å². The summed E-state index contributed by atoms with van der Waals surface area (Å²) in [6.45, 7) is 8.34. The Morgan fingerprint density at radius 3 is 3.05 bits per heavy atom. The van der Waals surface area contributed by atoms with Crippen molar-refractivity contribution in [3.63, 3.8) is 0 Å². The summed E-state index contributed by atoms with van der Waals surface area (Å²) in [5.74, 6) is 2.90. The third-order valence-corrected chi connectivity index (χ3v) is 10.2. The zero-order valence-electron chi connectivity index (χ0n) is 13.6. The highest BCUT2D eigenvalue weighted by molar-refractivity contribution is 5.41. The van der Waals surface area contributed by atoms with E-state index in [0.29, 0.717) is 28.1 Å². The number of aliphatic hydroxyl groups excluding tert-OH is 1. The first-order valence-electron chi connectivity index (χ1n) is 9.64. The second-order valence-corrected chi connectivity index (χ2v) is 10.5. The molecule has 11 unspecified atom stereocenters. The normalized spacial score (nSPS) is 75.1. The van der Waals surface area contributed by atoms with E-state index in [1.165, 1.54) is 50.6 Å². The van der Waals surface area contributed by atoms with Gasteiger partial charge in [-0.1, -0.05) is 25.5 Å². The number of nitrogens with zero attached hydrogens (tertiary/aromatic N) is 1. The van der Waals surface area contributed by atoms with E-state index in [-0.39, 0.29) is 6.10 Å². The van der Waals surface area contributed by atoms with Crippen LogP contribution in [0.25, 0.3) is 0 Å². The molecule has 0 aromatic heterocycles. The van der Waals surface area contributed by atoms with E-state index < -0.39 is 0 Å². The van der Waals surface area contributed by atoms with Crippen LogP contribution in [0.3, 0.4) is 0 Å². The topological polar surface area (TPSA) is 23.5 Å². The molecule has 2 spiro atoms. The zero-order valence-corrected chi connectivity index (χ0v) is 13.6. The molecule has 1 N–H and O–H groups in total. The smallest absolute Gasteiger partial charge is 0.0654 e. The molecule has 6 saturated carbocycles. The highest BCUT2D eigenvalue weighted by Crippen LogP contribution is 2.87. The van der Waals surface area contributed by atoms with Gasteiger partial charge < -0.3 is 5.11 Å². The van der Waals surface area contributed by atoms with Crippen molar-refractivity contribution in [1.82, 2.24) is 4.90 Å². The van der Waals surface area contributed by atoms with Crippen LogP contribution in [0.5, 0.6) is 0 Å². The predicted molar refractivity (Wildman–Crippen MR) is 84.1 cm³/mol. The molecular formula is C20H27NO. The van der Waals surface area contributed by atoms with Crippen LogP contribution in [-0.2, 0) is 0 Å². The number of piperidine rings is 2. The molecule has 11 atom stereocenters. The first-order valence-corrected chi connectivity index (χ1v) is 9.64. The molecule has 3 heterocycles. The molecule has 0 aromatic carbocycles. The van der Waals surface area contributed by atoms with Gasteiger partial charge in [0, 0.05) is 30.5 Å². The van der Waals surface area contributed by atoms with Gasteiger partial charge in [0.2, 0.25) is 0 Å². The fourth-order valence-corrected chi connectivity index (χ4v) is 10.5. The lowest BCUT2D eigenvalue weighted by Gasteiger charge is -2.64.